The molecule has 0 saturated heterocycles. The SMILES string of the molecule is N#Cc1c(C(F)F)cc(CN)nc1Cl. The number of hydrogen-bond donors (Lipinski definition) is 1. The lowest BCUT2D eigenvalue weighted by molar-refractivity contribution is 0.151. The third-order valence-corrected chi connectivity index (χ3v) is 1.89. The van der Waals surface area contributed by atoms with Crippen molar-refractivity contribution in [2.45, 2.75) is 13.0 Å². The minimum absolute atomic E-state index is 0.00511. The molecule has 0 radical (unpaired) electrons. The van der Waals surface area contributed by atoms with Crippen LogP contribution in [0.5, 0.6) is 0 Å². The second-order valence-electron chi connectivity index (χ2n) is 2.49. The Morgan fingerprint density at radius 3 is 2.71 bits per heavy atom. The molecule has 74 valence electrons. The van der Waals surface area contributed by atoms with Crippen LogP contribution in [0, 0.1) is 11.3 Å². The van der Waals surface area contributed by atoms with Crippen molar-refractivity contribution in [3.05, 3.63) is 28.0 Å². The van der Waals surface area contributed by atoms with Gasteiger partial charge in [-0.1, -0.05) is 11.6 Å². The van der Waals surface area contributed by atoms with E-state index in [1.54, 1.807) is 6.07 Å². The molecule has 0 bridgehead atoms. The summed E-state index contributed by atoms with van der Waals surface area (Å²) in [6.07, 6.45) is -2.75. The first-order valence-electron chi connectivity index (χ1n) is 3.67. The molecule has 2 N–H and O–H groups in total. The van der Waals surface area contributed by atoms with Gasteiger partial charge in [0.25, 0.3) is 6.43 Å². The zero-order valence-electron chi connectivity index (χ0n) is 6.97. The first kappa shape index (κ1) is 10.8. The standard InChI is InChI=1S/C8H6ClF2N3/c9-7-6(3-13)5(8(10)11)1-4(2-12)14-7/h1,8H,2,12H2. The Morgan fingerprint density at radius 2 is 2.29 bits per heavy atom. The van der Waals surface area contributed by atoms with E-state index in [1.807, 2.05) is 0 Å². The van der Waals surface area contributed by atoms with Crippen LogP contribution in [-0.4, -0.2) is 4.98 Å². The van der Waals surface area contributed by atoms with Gasteiger partial charge in [-0.05, 0) is 6.07 Å². The number of rotatable bonds is 2. The van der Waals surface area contributed by atoms with Crippen molar-refractivity contribution in [2.75, 3.05) is 0 Å². The maximum absolute atomic E-state index is 12.4. The molecule has 0 unspecified atom stereocenters. The van der Waals surface area contributed by atoms with E-state index < -0.39 is 12.0 Å². The average molecular weight is 218 g/mol. The Bertz CT molecular complexity index is 387. The van der Waals surface area contributed by atoms with E-state index in [0.717, 1.165) is 6.07 Å². The van der Waals surface area contributed by atoms with Gasteiger partial charge in [-0.25, -0.2) is 13.8 Å². The zero-order valence-corrected chi connectivity index (χ0v) is 7.72. The van der Waals surface area contributed by atoms with Crippen molar-refractivity contribution in [3.8, 4) is 6.07 Å². The van der Waals surface area contributed by atoms with Crippen LogP contribution in [0.2, 0.25) is 5.15 Å². The molecular formula is C8H6ClF2N3. The summed E-state index contributed by atoms with van der Waals surface area (Å²) in [7, 11) is 0. The average Bonchev–Trinajstić information content (AvgIpc) is 2.16. The molecular weight excluding hydrogens is 212 g/mol. The summed E-state index contributed by atoms with van der Waals surface area (Å²) < 4.78 is 24.9. The monoisotopic (exact) mass is 217 g/mol. The van der Waals surface area contributed by atoms with Gasteiger partial charge >= 0.3 is 0 Å². The summed E-state index contributed by atoms with van der Waals surface area (Å²) >= 11 is 5.54. The van der Waals surface area contributed by atoms with Gasteiger partial charge in [0.15, 0.2) is 0 Å². The van der Waals surface area contributed by atoms with Gasteiger partial charge in [0.2, 0.25) is 0 Å². The minimum atomic E-state index is -2.75. The topological polar surface area (TPSA) is 62.7 Å². The fraction of sp³-hybridized carbons (Fsp3) is 0.250. The lowest BCUT2D eigenvalue weighted by atomic mass is 10.1. The minimum Gasteiger partial charge on any atom is -0.325 e. The van der Waals surface area contributed by atoms with Crippen molar-refractivity contribution in [1.82, 2.24) is 4.98 Å². The van der Waals surface area contributed by atoms with Crippen molar-refractivity contribution in [1.29, 1.82) is 5.26 Å². The molecule has 0 spiro atoms. The Morgan fingerprint density at radius 1 is 1.64 bits per heavy atom. The number of nitrogens with zero attached hydrogens (tertiary/aromatic N) is 2. The van der Waals surface area contributed by atoms with E-state index in [9.17, 15) is 8.78 Å². The molecule has 1 rings (SSSR count). The lowest BCUT2D eigenvalue weighted by Gasteiger charge is -2.06. The van der Waals surface area contributed by atoms with Crippen LogP contribution in [0.3, 0.4) is 0 Å². The molecule has 0 aliphatic heterocycles. The maximum Gasteiger partial charge on any atom is 0.265 e. The molecule has 14 heavy (non-hydrogen) atoms. The Kier molecular flexibility index (Phi) is 3.33. The molecule has 0 aliphatic carbocycles. The van der Waals surface area contributed by atoms with Crippen molar-refractivity contribution < 1.29 is 8.78 Å². The van der Waals surface area contributed by atoms with Gasteiger partial charge in [0, 0.05) is 12.1 Å². The highest BCUT2D eigenvalue weighted by atomic mass is 35.5. The largest absolute Gasteiger partial charge is 0.325 e. The van der Waals surface area contributed by atoms with Gasteiger partial charge < -0.3 is 5.73 Å². The van der Waals surface area contributed by atoms with E-state index in [4.69, 9.17) is 22.6 Å². The predicted molar refractivity (Wildman–Crippen MR) is 46.8 cm³/mol. The molecule has 0 amide bonds. The lowest BCUT2D eigenvalue weighted by Crippen LogP contribution is -2.04. The predicted octanol–water partition coefficient (Wildman–Crippen LogP) is 2.00. The van der Waals surface area contributed by atoms with Crippen LogP contribution in [0.25, 0.3) is 0 Å². The second kappa shape index (κ2) is 4.31. The van der Waals surface area contributed by atoms with E-state index in [1.165, 1.54) is 0 Å². The van der Waals surface area contributed by atoms with Gasteiger partial charge in [-0.15, -0.1) is 0 Å². The second-order valence-corrected chi connectivity index (χ2v) is 2.84. The summed E-state index contributed by atoms with van der Waals surface area (Å²) in [4.78, 5) is 3.69. The maximum atomic E-state index is 12.4. The molecule has 6 heteroatoms. The number of nitrogens with two attached hydrogens (primary N) is 1. The number of pyridine rings is 1. The summed E-state index contributed by atoms with van der Waals surface area (Å²) in [6.45, 7) is 0.00511. The zero-order chi connectivity index (χ0) is 10.7. The fourth-order valence-electron chi connectivity index (χ4n) is 0.972. The molecule has 1 aromatic heterocycles. The summed E-state index contributed by atoms with van der Waals surface area (Å²) in [5.74, 6) is 0. The van der Waals surface area contributed by atoms with Crippen LogP contribution in [0.15, 0.2) is 6.07 Å². The van der Waals surface area contributed by atoms with E-state index >= 15 is 0 Å². The third kappa shape index (κ3) is 1.97. The van der Waals surface area contributed by atoms with E-state index in [0.29, 0.717) is 0 Å². The number of aromatic nitrogens is 1. The molecule has 1 aromatic rings. The molecule has 0 atom stereocenters. The van der Waals surface area contributed by atoms with Gasteiger partial charge in [0.1, 0.15) is 11.2 Å². The van der Waals surface area contributed by atoms with E-state index in [2.05, 4.69) is 4.98 Å². The number of alkyl halides is 2. The van der Waals surface area contributed by atoms with Crippen LogP contribution < -0.4 is 5.73 Å². The molecule has 1 heterocycles. The Balaban J connectivity index is 3.37. The highest BCUT2D eigenvalue weighted by Crippen LogP contribution is 2.27. The van der Waals surface area contributed by atoms with Gasteiger partial charge in [-0.3, -0.25) is 0 Å². The highest BCUT2D eigenvalue weighted by molar-refractivity contribution is 6.30. The number of halogens is 3. The van der Waals surface area contributed by atoms with Crippen LogP contribution >= 0.6 is 11.6 Å². The quantitative estimate of drug-likeness (QED) is 0.771. The van der Waals surface area contributed by atoms with Crippen LogP contribution in [-0.2, 0) is 6.54 Å². The van der Waals surface area contributed by atoms with E-state index in [-0.39, 0.29) is 23.0 Å². The first-order chi connectivity index (χ1) is 6.60. The summed E-state index contributed by atoms with van der Waals surface area (Å²) in [6, 6.07) is 2.67. The van der Waals surface area contributed by atoms with Crippen molar-refractivity contribution >= 4 is 11.6 Å². The normalized spacial score (nSPS) is 10.3. The molecule has 3 nitrogen and oxygen atoms in total. The van der Waals surface area contributed by atoms with Gasteiger partial charge in [0.05, 0.1) is 11.3 Å². The van der Waals surface area contributed by atoms with Crippen molar-refractivity contribution in [3.63, 3.8) is 0 Å². The Hall–Kier alpha value is -1.25. The van der Waals surface area contributed by atoms with Crippen LogP contribution in [0.1, 0.15) is 23.2 Å². The number of hydrogen-bond acceptors (Lipinski definition) is 3. The molecule has 0 saturated carbocycles. The Labute approximate surface area is 84.1 Å². The summed E-state index contributed by atoms with van der Waals surface area (Å²) in [5, 5.41) is 8.34. The fourth-order valence-corrected chi connectivity index (χ4v) is 1.23. The number of nitriles is 1. The van der Waals surface area contributed by atoms with Crippen LogP contribution in [0.4, 0.5) is 8.78 Å². The van der Waals surface area contributed by atoms with Gasteiger partial charge in [-0.2, -0.15) is 5.26 Å². The highest BCUT2D eigenvalue weighted by Gasteiger charge is 2.17. The smallest absolute Gasteiger partial charge is 0.265 e. The third-order valence-electron chi connectivity index (χ3n) is 1.61. The molecule has 0 aromatic carbocycles. The molecule has 0 fully saturated rings. The van der Waals surface area contributed by atoms with Crippen molar-refractivity contribution in [2.24, 2.45) is 5.73 Å². The first-order valence-corrected chi connectivity index (χ1v) is 4.05. The summed E-state index contributed by atoms with van der Waals surface area (Å²) in [5.41, 5.74) is 4.75. The molecule has 0 aliphatic rings.